The third kappa shape index (κ3) is 5.68. The van der Waals surface area contributed by atoms with Crippen molar-refractivity contribution >= 4 is 17.3 Å². The van der Waals surface area contributed by atoms with Crippen LogP contribution in [0.2, 0.25) is 0 Å². The van der Waals surface area contributed by atoms with Gasteiger partial charge < -0.3 is 20.1 Å². The molecule has 0 radical (unpaired) electrons. The summed E-state index contributed by atoms with van der Waals surface area (Å²) in [6, 6.07) is 11.5. The number of methoxy groups -OCH3 is 2. The second-order valence-corrected chi connectivity index (χ2v) is 5.99. The molecule has 1 atom stereocenters. The third-order valence-electron chi connectivity index (χ3n) is 4.00. The summed E-state index contributed by atoms with van der Waals surface area (Å²) >= 11 is 0. The Kier molecular flexibility index (Phi) is 7.13. The van der Waals surface area contributed by atoms with Gasteiger partial charge in [0.2, 0.25) is 5.91 Å². The third-order valence-corrected chi connectivity index (χ3v) is 4.00. The van der Waals surface area contributed by atoms with E-state index in [1.165, 1.54) is 13.2 Å². The molecular weight excluding hydrogens is 350 g/mol. The molecule has 27 heavy (non-hydrogen) atoms. The molecule has 2 aromatic rings. The summed E-state index contributed by atoms with van der Waals surface area (Å²) in [4.78, 5) is 22.9. The molecule has 0 fully saturated rings. The molecule has 2 rings (SSSR count). The van der Waals surface area contributed by atoms with Crippen LogP contribution in [0.25, 0.3) is 0 Å². The Labute approximate surface area is 157 Å². The minimum atomic E-state index is -0.412. The molecule has 0 aliphatic heterocycles. The Balaban J connectivity index is 1.92. The molecule has 0 heterocycles. The molecule has 0 saturated heterocycles. The van der Waals surface area contributed by atoms with Gasteiger partial charge in [-0.1, -0.05) is 18.2 Å². The number of nitrogens with zero attached hydrogens (tertiary/aromatic N) is 1. The summed E-state index contributed by atoms with van der Waals surface area (Å²) in [7, 11) is 3.07. The smallest absolute Gasteiger partial charge is 0.273 e. The summed E-state index contributed by atoms with van der Waals surface area (Å²) in [6.07, 6.45) is 0.204. The number of rotatable bonds is 9. The average molecular weight is 373 g/mol. The van der Waals surface area contributed by atoms with Crippen molar-refractivity contribution < 1.29 is 19.2 Å². The van der Waals surface area contributed by atoms with E-state index < -0.39 is 4.92 Å². The summed E-state index contributed by atoms with van der Waals surface area (Å²) in [5.74, 6) is 0.939. The van der Waals surface area contributed by atoms with Crippen molar-refractivity contribution in [3.63, 3.8) is 0 Å². The number of carbonyl (C=O) groups excluding carboxylic acids is 1. The van der Waals surface area contributed by atoms with Gasteiger partial charge in [-0.3, -0.25) is 14.9 Å². The molecule has 1 unspecified atom stereocenters. The van der Waals surface area contributed by atoms with Gasteiger partial charge in [-0.2, -0.15) is 0 Å². The molecule has 8 heteroatoms. The van der Waals surface area contributed by atoms with E-state index in [9.17, 15) is 14.9 Å². The van der Waals surface area contributed by atoms with E-state index in [2.05, 4.69) is 10.6 Å². The molecule has 8 nitrogen and oxygen atoms in total. The van der Waals surface area contributed by atoms with Crippen LogP contribution >= 0.6 is 0 Å². The van der Waals surface area contributed by atoms with E-state index in [4.69, 9.17) is 9.47 Å². The summed E-state index contributed by atoms with van der Waals surface area (Å²) in [6.45, 7) is 2.15. The number of para-hydroxylation sites is 1. The van der Waals surface area contributed by atoms with Crippen molar-refractivity contribution in [2.75, 3.05) is 19.5 Å². The lowest BCUT2D eigenvalue weighted by Crippen LogP contribution is -2.30. The highest BCUT2D eigenvalue weighted by atomic mass is 16.6. The average Bonchev–Trinajstić information content (AvgIpc) is 2.66. The number of hydrogen-bond donors (Lipinski definition) is 2. The van der Waals surface area contributed by atoms with Gasteiger partial charge in [-0.15, -0.1) is 0 Å². The molecule has 0 aliphatic rings. The van der Waals surface area contributed by atoms with Gasteiger partial charge in [0.05, 0.1) is 24.8 Å². The van der Waals surface area contributed by atoms with Crippen LogP contribution in [0.5, 0.6) is 11.5 Å². The largest absolute Gasteiger partial charge is 0.497 e. The van der Waals surface area contributed by atoms with Crippen molar-refractivity contribution in [1.82, 2.24) is 5.32 Å². The maximum atomic E-state index is 12.3. The second kappa shape index (κ2) is 9.54. The van der Waals surface area contributed by atoms with Gasteiger partial charge in [-0.25, -0.2) is 0 Å². The van der Waals surface area contributed by atoms with Gasteiger partial charge in [0.1, 0.15) is 11.5 Å². The standard InChI is InChI=1S/C19H23N3O5/c1-13(20-12-14-6-4-5-7-17(14)22(24)25)10-19(23)21-16-9-8-15(26-2)11-18(16)27-3/h4-9,11,13,20H,10,12H2,1-3H3,(H,21,23). The molecule has 0 spiro atoms. The first-order valence-corrected chi connectivity index (χ1v) is 8.42. The fourth-order valence-electron chi connectivity index (χ4n) is 2.58. The highest BCUT2D eigenvalue weighted by molar-refractivity contribution is 5.92. The number of anilines is 1. The van der Waals surface area contributed by atoms with Gasteiger partial charge in [0.15, 0.2) is 0 Å². The number of nitro benzene ring substituents is 1. The van der Waals surface area contributed by atoms with Crippen molar-refractivity contribution in [2.45, 2.75) is 25.9 Å². The van der Waals surface area contributed by atoms with Crippen LogP contribution in [0.3, 0.4) is 0 Å². The maximum absolute atomic E-state index is 12.3. The quantitative estimate of drug-likeness (QED) is 0.517. The number of ether oxygens (including phenoxy) is 2. The predicted molar refractivity (Wildman–Crippen MR) is 102 cm³/mol. The Morgan fingerprint density at radius 1 is 1.19 bits per heavy atom. The lowest BCUT2D eigenvalue weighted by molar-refractivity contribution is -0.385. The first-order valence-electron chi connectivity index (χ1n) is 8.42. The van der Waals surface area contributed by atoms with E-state index in [1.54, 1.807) is 43.5 Å². The van der Waals surface area contributed by atoms with E-state index in [1.807, 2.05) is 6.92 Å². The highest BCUT2D eigenvalue weighted by Gasteiger charge is 2.15. The van der Waals surface area contributed by atoms with Crippen molar-refractivity contribution in [3.05, 3.63) is 58.1 Å². The summed E-state index contributed by atoms with van der Waals surface area (Å²) in [5, 5.41) is 17.0. The number of nitrogens with one attached hydrogen (secondary N) is 2. The van der Waals surface area contributed by atoms with Crippen molar-refractivity contribution in [1.29, 1.82) is 0 Å². The summed E-state index contributed by atoms with van der Waals surface area (Å²) in [5.41, 5.74) is 1.19. The maximum Gasteiger partial charge on any atom is 0.273 e. The monoisotopic (exact) mass is 373 g/mol. The van der Waals surface area contributed by atoms with Crippen LogP contribution in [-0.4, -0.2) is 31.1 Å². The number of amides is 1. The fourth-order valence-corrected chi connectivity index (χ4v) is 2.58. The number of benzene rings is 2. The van der Waals surface area contributed by atoms with E-state index in [0.29, 0.717) is 29.3 Å². The van der Waals surface area contributed by atoms with Gasteiger partial charge in [0.25, 0.3) is 5.69 Å². The Morgan fingerprint density at radius 3 is 2.59 bits per heavy atom. The molecule has 144 valence electrons. The molecule has 1 amide bonds. The van der Waals surface area contributed by atoms with Crippen LogP contribution in [-0.2, 0) is 11.3 Å². The van der Waals surface area contributed by atoms with Crippen LogP contribution in [0.15, 0.2) is 42.5 Å². The van der Waals surface area contributed by atoms with E-state index >= 15 is 0 Å². The number of hydrogen-bond acceptors (Lipinski definition) is 6. The minimum Gasteiger partial charge on any atom is -0.497 e. The van der Waals surface area contributed by atoms with E-state index in [0.717, 1.165) is 0 Å². The SMILES string of the molecule is COc1ccc(NC(=O)CC(C)NCc2ccccc2[N+](=O)[O-])c(OC)c1. The first-order chi connectivity index (χ1) is 12.9. The van der Waals surface area contributed by atoms with Gasteiger partial charge in [0, 0.05) is 36.7 Å². The van der Waals surface area contributed by atoms with E-state index in [-0.39, 0.29) is 24.1 Å². The fraction of sp³-hybridized carbons (Fsp3) is 0.316. The molecule has 0 bridgehead atoms. The minimum absolute atomic E-state index is 0.0598. The number of carbonyl (C=O) groups is 1. The van der Waals surface area contributed by atoms with Gasteiger partial charge in [-0.05, 0) is 19.1 Å². The zero-order valence-electron chi connectivity index (χ0n) is 15.5. The normalized spacial score (nSPS) is 11.5. The molecular formula is C19H23N3O5. The van der Waals surface area contributed by atoms with Crippen LogP contribution in [0.1, 0.15) is 18.9 Å². The lowest BCUT2D eigenvalue weighted by Gasteiger charge is -2.15. The highest BCUT2D eigenvalue weighted by Crippen LogP contribution is 2.29. The Bertz CT molecular complexity index is 810. The Morgan fingerprint density at radius 2 is 1.93 bits per heavy atom. The first kappa shape index (κ1) is 20.2. The molecule has 2 N–H and O–H groups in total. The van der Waals surface area contributed by atoms with Crippen LogP contribution in [0, 0.1) is 10.1 Å². The molecule has 0 aromatic heterocycles. The van der Waals surface area contributed by atoms with Crippen molar-refractivity contribution in [3.8, 4) is 11.5 Å². The Hall–Kier alpha value is -3.13. The summed E-state index contributed by atoms with van der Waals surface area (Å²) < 4.78 is 10.4. The lowest BCUT2D eigenvalue weighted by atomic mass is 10.1. The van der Waals surface area contributed by atoms with Crippen LogP contribution in [0.4, 0.5) is 11.4 Å². The number of nitro groups is 1. The van der Waals surface area contributed by atoms with Crippen LogP contribution < -0.4 is 20.1 Å². The molecule has 2 aromatic carbocycles. The second-order valence-electron chi connectivity index (χ2n) is 5.99. The molecule has 0 saturated carbocycles. The predicted octanol–water partition coefficient (Wildman–Crippen LogP) is 3.12. The van der Waals surface area contributed by atoms with Crippen molar-refractivity contribution in [2.24, 2.45) is 0 Å². The van der Waals surface area contributed by atoms with Gasteiger partial charge >= 0.3 is 0 Å². The zero-order chi connectivity index (χ0) is 19.8. The zero-order valence-corrected chi connectivity index (χ0v) is 15.5. The topological polar surface area (TPSA) is 103 Å². The molecule has 0 aliphatic carbocycles.